The van der Waals surface area contributed by atoms with E-state index in [1.165, 1.54) is 23.5 Å². The van der Waals surface area contributed by atoms with Crippen molar-refractivity contribution in [1.29, 1.82) is 0 Å². The van der Waals surface area contributed by atoms with E-state index in [4.69, 9.17) is 0 Å². The third-order valence-corrected chi connectivity index (χ3v) is 4.00. The van der Waals surface area contributed by atoms with Crippen LogP contribution in [0.4, 0.5) is 19.6 Å². The van der Waals surface area contributed by atoms with Gasteiger partial charge in [-0.3, -0.25) is 9.78 Å². The van der Waals surface area contributed by atoms with Gasteiger partial charge >= 0.3 is 6.61 Å². The molecule has 0 bridgehead atoms. The Morgan fingerprint density at radius 2 is 2.04 bits per heavy atom. The van der Waals surface area contributed by atoms with Crippen LogP contribution in [0.3, 0.4) is 0 Å². The van der Waals surface area contributed by atoms with Gasteiger partial charge in [0.1, 0.15) is 11.4 Å². The molecule has 3 rings (SSSR count). The molecule has 2 heterocycles. The normalized spacial score (nSPS) is 10.6. The van der Waals surface area contributed by atoms with Gasteiger partial charge in [0.15, 0.2) is 5.13 Å². The van der Waals surface area contributed by atoms with Gasteiger partial charge in [0, 0.05) is 30.0 Å². The summed E-state index contributed by atoms with van der Waals surface area (Å²) >= 11 is 1.26. The standard InChI is InChI=1S/C17H14F2N4O2S/c18-16(19)25-13-5-3-12(4-6-13)22-17-23-14(10-26-17)15(24)21-9-11-2-1-7-20-8-11/h1-8,10,16H,9H2,(H,21,24)(H,22,23). The Labute approximate surface area is 151 Å². The van der Waals surface area contributed by atoms with E-state index in [1.807, 2.05) is 6.07 Å². The molecule has 2 aromatic heterocycles. The number of pyridine rings is 1. The number of thiazole rings is 1. The van der Waals surface area contributed by atoms with Crippen molar-refractivity contribution in [2.75, 3.05) is 5.32 Å². The maximum Gasteiger partial charge on any atom is 0.387 e. The molecule has 6 nitrogen and oxygen atoms in total. The Morgan fingerprint density at radius 3 is 2.73 bits per heavy atom. The molecule has 0 fully saturated rings. The number of alkyl halides is 2. The molecule has 9 heteroatoms. The SMILES string of the molecule is O=C(NCc1cccnc1)c1csc(Nc2ccc(OC(F)F)cc2)n1. The van der Waals surface area contributed by atoms with Crippen LogP contribution in [0.5, 0.6) is 5.75 Å². The van der Waals surface area contributed by atoms with E-state index in [1.54, 1.807) is 36.0 Å². The lowest BCUT2D eigenvalue weighted by molar-refractivity contribution is -0.0498. The molecule has 1 amide bonds. The first-order valence-corrected chi connectivity index (χ1v) is 8.42. The number of carbonyl (C=O) groups excluding carboxylic acids is 1. The summed E-state index contributed by atoms with van der Waals surface area (Å²) in [6, 6.07) is 9.67. The fraction of sp³-hybridized carbons (Fsp3) is 0.118. The summed E-state index contributed by atoms with van der Waals surface area (Å²) in [5.41, 5.74) is 1.82. The summed E-state index contributed by atoms with van der Waals surface area (Å²) in [5.74, 6) is -0.223. The third kappa shape index (κ3) is 4.96. The molecule has 1 aromatic carbocycles. The zero-order chi connectivity index (χ0) is 18.4. The van der Waals surface area contributed by atoms with Crippen LogP contribution < -0.4 is 15.4 Å². The minimum atomic E-state index is -2.86. The highest BCUT2D eigenvalue weighted by Gasteiger charge is 2.11. The monoisotopic (exact) mass is 376 g/mol. The molecule has 3 aromatic rings. The Morgan fingerprint density at radius 1 is 1.23 bits per heavy atom. The van der Waals surface area contributed by atoms with Crippen LogP contribution in [0.15, 0.2) is 54.2 Å². The predicted octanol–water partition coefficient (Wildman–Crippen LogP) is 3.81. The average molecular weight is 376 g/mol. The highest BCUT2D eigenvalue weighted by molar-refractivity contribution is 7.14. The molecular formula is C17H14F2N4O2S. The van der Waals surface area contributed by atoms with Crippen LogP contribution in [0, 0.1) is 0 Å². The molecule has 134 valence electrons. The van der Waals surface area contributed by atoms with Gasteiger partial charge in [0.2, 0.25) is 0 Å². The molecule has 0 aliphatic heterocycles. The molecule has 0 unspecified atom stereocenters. The first-order valence-electron chi connectivity index (χ1n) is 7.54. The second kappa shape index (κ2) is 8.34. The van der Waals surface area contributed by atoms with Crippen molar-refractivity contribution >= 4 is 28.1 Å². The number of hydrogen-bond donors (Lipinski definition) is 2. The van der Waals surface area contributed by atoms with E-state index in [0.717, 1.165) is 5.56 Å². The molecule has 2 N–H and O–H groups in total. The maximum absolute atomic E-state index is 12.1. The topological polar surface area (TPSA) is 76.1 Å². The Bertz CT molecular complexity index is 857. The lowest BCUT2D eigenvalue weighted by Crippen LogP contribution is -2.23. The second-order valence-electron chi connectivity index (χ2n) is 5.11. The van der Waals surface area contributed by atoms with Crippen molar-refractivity contribution < 1.29 is 18.3 Å². The van der Waals surface area contributed by atoms with Crippen LogP contribution in [0.25, 0.3) is 0 Å². The predicted molar refractivity (Wildman–Crippen MR) is 93.9 cm³/mol. The largest absolute Gasteiger partial charge is 0.435 e. The summed E-state index contributed by atoms with van der Waals surface area (Å²) < 4.78 is 28.5. The van der Waals surface area contributed by atoms with Gasteiger partial charge in [-0.15, -0.1) is 11.3 Å². The number of nitrogens with one attached hydrogen (secondary N) is 2. The van der Waals surface area contributed by atoms with Crippen molar-refractivity contribution in [1.82, 2.24) is 15.3 Å². The zero-order valence-electron chi connectivity index (χ0n) is 13.4. The molecule has 0 aliphatic rings. The number of aromatic nitrogens is 2. The number of ether oxygens (including phenoxy) is 1. The minimum absolute atomic E-state index is 0.0696. The van der Waals surface area contributed by atoms with Crippen molar-refractivity contribution in [2.24, 2.45) is 0 Å². The van der Waals surface area contributed by atoms with Crippen molar-refractivity contribution in [3.63, 3.8) is 0 Å². The smallest absolute Gasteiger partial charge is 0.387 e. The van der Waals surface area contributed by atoms with E-state index in [2.05, 4.69) is 25.3 Å². The number of amides is 1. The number of hydrogen-bond acceptors (Lipinski definition) is 6. The van der Waals surface area contributed by atoms with E-state index in [-0.39, 0.29) is 11.7 Å². The number of carbonyl (C=O) groups is 1. The first kappa shape index (κ1) is 17.7. The zero-order valence-corrected chi connectivity index (χ0v) is 14.2. The molecule has 0 radical (unpaired) electrons. The summed E-state index contributed by atoms with van der Waals surface area (Å²) in [4.78, 5) is 20.3. The van der Waals surface area contributed by atoms with Gasteiger partial charge in [0.05, 0.1) is 0 Å². The molecule has 0 saturated carbocycles. The summed E-state index contributed by atoms with van der Waals surface area (Å²) in [6.07, 6.45) is 3.34. The highest BCUT2D eigenvalue weighted by atomic mass is 32.1. The van der Waals surface area contributed by atoms with Crippen LogP contribution >= 0.6 is 11.3 Å². The molecular weight excluding hydrogens is 362 g/mol. The van der Waals surface area contributed by atoms with Gasteiger partial charge in [-0.2, -0.15) is 8.78 Å². The fourth-order valence-corrected chi connectivity index (χ4v) is 2.77. The lowest BCUT2D eigenvalue weighted by Gasteiger charge is -2.06. The molecule has 0 spiro atoms. The third-order valence-electron chi connectivity index (χ3n) is 3.24. The Kier molecular flexibility index (Phi) is 5.69. The maximum atomic E-state index is 12.1. The van der Waals surface area contributed by atoms with Gasteiger partial charge < -0.3 is 15.4 Å². The van der Waals surface area contributed by atoms with Gasteiger partial charge in [-0.05, 0) is 35.9 Å². The van der Waals surface area contributed by atoms with Gasteiger partial charge in [-0.1, -0.05) is 6.07 Å². The summed E-state index contributed by atoms with van der Waals surface area (Å²) in [6.45, 7) is -2.50. The summed E-state index contributed by atoms with van der Waals surface area (Å²) in [5, 5.41) is 7.92. The van der Waals surface area contributed by atoms with Crippen LogP contribution in [-0.4, -0.2) is 22.5 Å². The molecule has 0 saturated heterocycles. The van der Waals surface area contributed by atoms with Crippen LogP contribution in [0.2, 0.25) is 0 Å². The van der Waals surface area contributed by atoms with E-state index >= 15 is 0 Å². The number of halogens is 2. The van der Waals surface area contributed by atoms with Crippen molar-refractivity contribution in [3.8, 4) is 5.75 Å². The van der Waals surface area contributed by atoms with E-state index in [0.29, 0.717) is 23.1 Å². The molecule has 0 aliphatic carbocycles. The number of rotatable bonds is 7. The van der Waals surface area contributed by atoms with Crippen molar-refractivity contribution in [2.45, 2.75) is 13.2 Å². The molecule has 26 heavy (non-hydrogen) atoms. The summed E-state index contributed by atoms with van der Waals surface area (Å²) in [7, 11) is 0. The first-order chi connectivity index (χ1) is 12.6. The Balaban J connectivity index is 1.56. The minimum Gasteiger partial charge on any atom is -0.435 e. The lowest BCUT2D eigenvalue weighted by atomic mass is 10.3. The number of nitrogens with zero attached hydrogens (tertiary/aromatic N) is 2. The average Bonchev–Trinajstić information content (AvgIpc) is 3.10. The quantitative estimate of drug-likeness (QED) is 0.656. The van der Waals surface area contributed by atoms with Crippen molar-refractivity contribution in [3.05, 3.63) is 65.4 Å². The second-order valence-corrected chi connectivity index (χ2v) is 5.97. The van der Waals surface area contributed by atoms with Crippen LogP contribution in [0.1, 0.15) is 16.1 Å². The van der Waals surface area contributed by atoms with Crippen LogP contribution in [-0.2, 0) is 6.54 Å². The Hall–Kier alpha value is -3.07. The van der Waals surface area contributed by atoms with E-state index in [9.17, 15) is 13.6 Å². The van der Waals surface area contributed by atoms with E-state index < -0.39 is 6.61 Å². The fourth-order valence-electron chi connectivity index (χ4n) is 2.05. The van der Waals surface area contributed by atoms with Gasteiger partial charge in [0.25, 0.3) is 5.91 Å². The number of benzene rings is 1. The highest BCUT2D eigenvalue weighted by Crippen LogP contribution is 2.23. The van der Waals surface area contributed by atoms with Gasteiger partial charge in [-0.25, -0.2) is 4.98 Å². The molecule has 0 atom stereocenters. The number of anilines is 2.